The predicted octanol–water partition coefficient (Wildman–Crippen LogP) is 2.59. The summed E-state index contributed by atoms with van der Waals surface area (Å²) in [6.45, 7) is 0. The molecular weight excluding hydrogens is 354 g/mol. The van der Waals surface area contributed by atoms with E-state index in [1.54, 1.807) is 19.3 Å². The maximum Gasteiger partial charge on any atom is 0.276 e. The maximum atomic E-state index is 13.6. The van der Waals surface area contributed by atoms with Crippen molar-refractivity contribution in [3.05, 3.63) is 75.5 Å². The number of carbonyl (C=O) groups excluding carboxylic acids is 1. The Balaban J connectivity index is 1.74. The van der Waals surface area contributed by atoms with Gasteiger partial charge in [-0.15, -0.1) is 0 Å². The molecular formula is C19H16F2N4O2. The zero-order chi connectivity index (χ0) is 19.1. The van der Waals surface area contributed by atoms with Crippen molar-refractivity contribution in [1.29, 1.82) is 0 Å². The average molecular weight is 370 g/mol. The fourth-order valence-corrected chi connectivity index (χ4v) is 3.32. The van der Waals surface area contributed by atoms with Crippen LogP contribution < -0.4 is 10.9 Å². The third kappa shape index (κ3) is 2.92. The van der Waals surface area contributed by atoms with E-state index in [9.17, 15) is 18.4 Å². The van der Waals surface area contributed by atoms with Crippen LogP contribution in [-0.2, 0) is 19.9 Å². The molecule has 0 saturated carbocycles. The van der Waals surface area contributed by atoms with Crippen LogP contribution in [0.1, 0.15) is 28.2 Å². The summed E-state index contributed by atoms with van der Waals surface area (Å²) < 4.78 is 29.7. The van der Waals surface area contributed by atoms with Gasteiger partial charge >= 0.3 is 0 Å². The van der Waals surface area contributed by atoms with E-state index in [0.717, 1.165) is 29.8 Å². The van der Waals surface area contributed by atoms with Crippen molar-refractivity contribution >= 4 is 11.6 Å². The number of halogens is 2. The van der Waals surface area contributed by atoms with E-state index in [2.05, 4.69) is 10.4 Å². The van der Waals surface area contributed by atoms with Crippen molar-refractivity contribution in [1.82, 2.24) is 14.3 Å². The molecule has 0 spiro atoms. The van der Waals surface area contributed by atoms with Crippen molar-refractivity contribution in [2.24, 2.45) is 7.05 Å². The molecule has 27 heavy (non-hydrogen) atoms. The monoisotopic (exact) mass is 370 g/mol. The largest absolute Gasteiger partial charge is 0.317 e. The van der Waals surface area contributed by atoms with Crippen LogP contribution in [0.5, 0.6) is 0 Å². The Labute approximate surface area is 153 Å². The van der Waals surface area contributed by atoms with E-state index < -0.39 is 17.5 Å². The highest BCUT2D eigenvalue weighted by molar-refractivity contribution is 6.04. The van der Waals surface area contributed by atoms with Gasteiger partial charge in [-0.05, 0) is 43.5 Å². The Hall–Kier alpha value is -3.29. The number of nitrogens with one attached hydrogen (secondary N) is 1. The first-order chi connectivity index (χ1) is 13.0. The van der Waals surface area contributed by atoms with E-state index in [1.807, 2.05) is 0 Å². The van der Waals surface area contributed by atoms with Gasteiger partial charge in [0, 0.05) is 30.6 Å². The summed E-state index contributed by atoms with van der Waals surface area (Å²) in [5.41, 5.74) is 1.93. The van der Waals surface area contributed by atoms with E-state index in [-0.39, 0.29) is 16.9 Å². The number of amides is 1. The fourth-order valence-electron chi connectivity index (χ4n) is 3.32. The summed E-state index contributed by atoms with van der Waals surface area (Å²) in [6.07, 6.45) is 3.77. The smallest absolute Gasteiger partial charge is 0.276 e. The number of benzene rings is 1. The molecule has 8 heteroatoms. The normalized spacial score (nSPS) is 12.9. The highest BCUT2D eigenvalue weighted by Crippen LogP contribution is 2.28. The van der Waals surface area contributed by atoms with E-state index in [4.69, 9.17) is 0 Å². The van der Waals surface area contributed by atoms with Crippen LogP contribution in [0.15, 0.2) is 41.3 Å². The molecule has 4 rings (SSSR count). The zero-order valence-electron chi connectivity index (χ0n) is 14.5. The Morgan fingerprint density at radius 2 is 2.00 bits per heavy atom. The molecule has 1 aromatic carbocycles. The van der Waals surface area contributed by atoms with Crippen LogP contribution in [-0.4, -0.2) is 20.3 Å². The Bertz CT molecular complexity index is 1120. The summed E-state index contributed by atoms with van der Waals surface area (Å²) in [7, 11) is 1.59. The van der Waals surface area contributed by atoms with Gasteiger partial charge in [0.15, 0.2) is 17.3 Å². The molecule has 0 atom stereocenters. The first-order valence-electron chi connectivity index (χ1n) is 8.49. The summed E-state index contributed by atoms with van der Waals surface area (Å²) in [6, 6.07) is 6.67. The Kier molecular flexibility index (Phi) is 4.10. The molecule has 0 bridgehead atoms. The topological polar surface area (TPSA) is 68.9 Å². The minimum absolute atomic E-state index is 0.152. The first-order valence-corrected chi connectivity index (χ1v) is 8.49. The highest BCUT2D eigenvalue weighted by Gasteiger charge is 2.27. The van der Waals surface area contributed by atoms with Gasteiger partial charge in [-0.3, -0.25) is 9.59 Å². The van der Waals surface area contributed by atoms with Crippen molar-refractivity contribution in [2.45, 2.75) is 19.3 Å². The summed E-state index contributed by atoms with van der Waals surface area (Å²) in [5.74, 6) is -2.42. The van der Waals surface area contributed by atoms with Crippen LogP contribution >= 0.6 is 0 Å². The number of hydrogen-bond acceptors (Lipinski definition) is 3. The predicted molar refractivity (Wildman–Crippen MR) is 95.1 cm³/mol. The first kappa shape index (κ1) is 17.1. The highest BCUT2D eigenvalue weighted by atomic mass is 19.2. The number of rotatable bonds is 3. The molecule has 0 unspecified atom stereocenters. The number of aromatic nitrogens is 3. The molecule has 1 aliphatic carbocycles. The lowest BCUT2D eigenvalue weighted by molar-refractivity contribution is 0.102. The third-order valence-corrected chi connectivity index (χ3v) is 4.66. The van der Waals surface area contributed by atoms with Gasteiger partial charge in [-0.1, -0.05) is 0 Å². The number of pyridine rings is 1. The number of nitrogens with zero attached hydrogens (tertiary/aromatic N) is 3. The quantitative estimate of drug-likeness (QED) is 0.771. The van der Waals surface area contributed by atoms with Gasteiger partial charge in [0.05, 0.1) is 5.69 Å². The minimum Gasteiger partial charge on any atom is -0.317 e. The van der Waals surface area contributed by atoms with Crippen molar-refractivity contribution in [2.75, 3.05) is 5.32 Å². The molecule has 0 radical (unpaired) electrons. The van der Waals surface area contributed by atoms with Crippen LogP contribution in [0.4, 0.5) is 14.5 Å². The number of anilines is 1. The van der Waals surface area contributed by atoms with Gasteiger partial charge in [0.1, 0.15) is 5.69 Å². The zero-order valence-corrected chi connectivity index (χ0v) is 14.5. The van der Waals surface area contributed by atoms with Crippen molar-refractivity contribution < 1.29 is 13.6 Å². The van der Waals surface area contributed by atoms with Gasteiger partial charge in [-0.2, -0.15) is 5.10 Å². The molecule has 3 aromatic rings. The standard InChI is InChI=1S/C19H16F2N4O2/c1-24-9-3-5-15(19(24)27)22-18(26)17-12-4-2-6-16(12)25(23-17)11-7-8-13(20)14(21)10-11/h3,5,7-10H,2,4,6H2,1H3,(H,22,26). The summed E-state index contributed by atoms with van der Waals surface area (Å²) in [4.78, 5) is 24.8. The molecule has 1 amide bonds. The lowest BCUT2D eigenvalue weighted by atomic mass is 10.2. The van der Waals surface area contributed by atoms with Crippen LogP contribution in [0, 0.1) is 11.6 Å². The van der Waals surface area contributed by atoms with Gasteiger partial charge < -0.3 is 9.88 Å². The molecule has 1 N–H and O–H groups in total. The second-order valence-corrected chi connectivity index (χ2v) is 6.43. The van der Waals surface area contributed by atoms with Crippen LogP contribution in [0.3, 0.4) is 0 Å². The van der Waals surface area contributed by atoms with Crippen LogP contribution in [0.2, 0.25) is 0 Å². The SMILES string of the molecule is Cn1cccc(NC(=O)c2nn(-c3ccc(F)c(F)c3)c3c2CCC3)c1=O. The molecule has 2 aromatic heterocycles. The van der Waals surface area contributed by atoms with E-state index in [0.29, 0.717) is 18.5 Å². The molecule has 2 heterocycles. The van der Waals surface area contributed by atoms with Crippen molar-refractivity contribution in [3.8, 4) is 5.69 Å². The summed E-state index contributed by atoms with van der Waals surface area (Å²) in [5, 5.41) is 6.93. The second-order valence-electron chi connectivity index (χ2n) is 6.43. The summed E-state index contributed by atoms with van der Waals surface area (Å²) >= 11 is 0. The molecule has 1 aliphatic rings. The average Bonchev–Trinajstić information content (AvgIpc) is 3.24. The minimum atomic E-state index is -0.978. The third-order valence-electron chi connectivity index (χ3n) is 4.66. The van der Waals surface area contributed by atoms with Gasteiger partial charge in [-0.25, -0.2) is 13.5 Å². The van der Waals surface area contributed by atoms with Gasteiger partial charge in [0.2, 0.25) is 0 Å². The number of fused-ring (bicyclic) bond motifs is 1. The number of aryl methyl sites for hydroxylation is 1. The number of carbonyl (C=O) groups is 1. The molecule has 6 nitrogen and oxygen atoms in total. The molecule has 0 aliphatic heterocycles. The molecule has 0 saturated heterocycles. The fraction of sp³-hybridized carbons (Fsp3) is 0.211. The lowest BCUT2D eigenvalue weighted by Crippen LogP contribution is -2.24. The van der Waals surface area contributed by atoms with E-state index in [1.165, 1.54) is 21.4 Å². The second kappa shape index (κ2) is 6.46. The van der Waals surface area contributed by atoms with E-state index >= 15 is 0 Å². The van der Waals surface area contributed by atoms with Gasteiger partial charge in [0.25, 0.3) is 11.5 Å². The Morgan fingerprint density at radius 1 is 1.19 bits per heavy atom. The lowest BCUT2D eigenvalue weighted by Gasteiger charge is -2.06. The van der Waals surface area contributed by atoms with Crippen molar-refractivity contribution in [3.63, 3.8) is 0 Å². The Morgan fingerprint density at radius 3 is 2.78 bits per heavy atom. The molecule has 138 valence electrons. The van der Waals surface area contributed by atoms with Crippen LogP contribution in [0.25, 0.3) is 5.69 Å². The number of hydrogen-bond donors (Lipinski definition) is 1. The molecule has 0 fully saturated rings. The maximum absolute atomic E-state index is 13.6.